The molecule has 0 aliphatic carbocycles. The van der Waals surface area contributed by atoms with Gasteiger partial charge in [-0.15, -0.1) is 0 Å². The summed E-state index contributed by atoms with van der Waals surface area (Å²) in [4.78, 5) is 28.2. The molecule has 8 nitrogen and oxygen atoms in total. The number of primary amides is 1. The summed E-state index contributed by atoms with van der Waals surface area (Å²) in [6.45, 7) is 1.68. The number of pyridine rings is 1. The van der Waals surface area contributed by atoms with Gasteiger partial charge in [-0.05, 0) is 25.1 Å². The Labute approximate surface area is 193 Å². The number of alkyl halides is 3. The molecular formula is C21H20F5N3O5. The Morgan fingerprint density at radius 1 is 1.32 bits per heavy atom. The van der Waals surface area contributed by atoms with Gasteiger partial charge in [0.15, 0.2) is 17.2 Å². The first kappa shape index (κ1) is 21.1. The highest BCUT2D eigenvalue weighted by Crippen LogP contribution is 2.55. The smallest absolute Gasteiger partial charge is 0.417 e. The summed E-state index contributed by atoms with van der Waals surface area (Å²) in [5.74, 6) is -10.3. The van der Waals surface area contributed by atoms with Crippen LogP contribution in [-0.4, -0.2) is 46.7 Å². The van der Waals surface area contributed by atoms with Gasteiger partial charge in [-0.2, -0.15) is 22.3 Å². The zero-order chi connectivity index (χ0) is 28.1. The van der Waals surface area contributed by atoms with Crippen molar-refractivity contribution in [3.63, 3.8) is 0 Å². The van der Waals surface area contributed by atoms with Crippen LogP contribution in [0.5, 0.6) is 5.75 Å². The lowest BCUT2D eigenvalue weighted by Crippen LogP contribution is -2.47. The summed E-state index contributed by atoms with van der Waals surface area (Å²) in [5, 5.41) is 9.32. The number of hydrogen-bond acceptors (Lipinski definition) is 5. The second-order valence-corrected chi connectivity index (χ2v) is 7.77. The molecule has 2 heterocycles. The number of ether oxygens (including phenoxy) is 2. The number of nitrogens with zero attached hydrogens (tertiary/aromatic N) is 2. The van der Waals surface area contributed by atoms with Crippen LogP contribution in [0.25, 0.3) is 0 Å². The van der Waals surface area contributed by atoms with Gasteiger partial charge in [0.2, 0.25) is 5.82 Å². The van der Waals surface area contributed by atoms with Crippen LogP contribution in [0.1, 0.15) is 39.9 Å². The number of aromatic nitrogens is 1. The molecule has 0 saturated carbocycles. The zero-order valence-corrected chi connectivity index (χ0v) is 17.6. The number of hydrogen-bond donors (Lipinski definition) is 2. The van der Waals surface area contributed by atoms with Crippen molar-refractivity contribution in [3.05, 3.63) is 58.7 Å². The summed E-state index contributed by atoms with van der Waals surface area (Å²) in [5.41, 5.74) is 1.03. The van der Waals surface area contributed by atoms with Gasteiger partial charge in [-0.1, -0.05) is 13.0 Å². The summed E-state index contributed by atoms with van der Waals surface area (Å²) < 4.78 is 103. The molecule has 1 aliphatic heterocycles. The van der Waals surface area contributed by atoms with E-state index in [2.05, 4.69) is 9.73 Å². The highest BCUT2D eigenvalue weighted by atomic mass is 19.4. The van der Waals surface area contributed by atoms with E-state index < -0.39 is 77.2 Å². The van der Waals surface area contributed by atoms with Crippen LogP contribution in [0.4, 0.5) is 22.0 Å². The lowest BCUT2D eigenvalue weighted by Gasteiger charge is -2.32. The third-order valence-corrected chi connectivity index (χ3v) is 5.86. The van der Waals surface area contributed by atoms with E-state index in [1.54, 1.807) is 0 Å². The predicted molar refractivity (Wildman–Crippen MR) is 105 cm³/mol. The van der Waals surface area contributed by atoms with E-state index >= 15 is 0 Å². The Kier molecular flexibility index (Phi) is 5.40. The van der Waals surface area contributed by atoms with E-state index in [1.165, 1.54) is 0 Å². The van der Waals surface area contributed by atoms with Crippen molar-refractivity contribution in [2.75, 3.05) is 7.04 Å². The van der Waals surface area contributed by atoms with Crippen LogP contribution < -0.4 is 15.8 Å². The molecule has 34 heavy (non-hydrogen) atoms. The van der Waals surface area contributed by atoms with Crippen molar-refractivity contribution >= 4 is 11.8 Å². The standard InChI is InChI=1S/C21H20F5N3O5/c1-9-14(11-4-5-12(22)15(23)16(11)33-3)17(34-20(9,2)21(24,25)26)19(31)28-10-6-7-29(32)13(8-10)18(27)30/h4-9,14,17,32H,1-3H3,(H2,27,30)/t9-,14-,17-,20+/m0/s1/i3D3. The highest BCUT2D eigenvalue weighted by Gasteiger charge is 2.65. The van der Waals surface area contributed by atoms with Crippen LogP contribution in [0.2, 0.25) is 0 Å². The average Bonchev–Trinajstić information content (AvgIpc) is 3.04. The molecule has 1 aliphatic rings. The molecule has 0 radical (unpaired) electrons. The summed E-state index contributed by atoms with van der Waals surface area (Å²) >= 11 is 0. The fourth-order valence-electron chi connectivity index (χ4n) is 3.85. The number of halogens is 5. The van der Waals surface area contributed by atoms with E-state index in [0.717, 1.165) is 31.3 Å². The van der Waals surface area contributed by atoms with Crippen molar-refractivity contribution in [3.8, 4) is 5.75 Å². The number of benzene rings is 1. The van der Waals surface area contributed by atoms with Crippen LogP contribution in [0.3, 0.4) is 0 Å². The number of methoxy groups -OCH3 is 1. The van der Waals surface area contributed by atoms with Crippen molar-refractivity contribution < 1.29 is 50.3 Å². The Balaban J connectivity index is 2.22. The van der Waals surface area contributed by atoms with Gasteiger partial charge in [0.25, 0.3) is 11.8 Å². The minimum Gasteiger partial charge on any atom is -0.493 e. The Morgan fingerprint density at radius 2 is 2.00 bits per heavy atom. The lowest BCUT2D eigenvalue weighted by molar-refractivity contribution is -0.272. The maximum absolute atomic E-state index is 14.6. The molecular weight excluding hydrogens is 469 g/mol. The first-order chi connectivity index (χ1) is 16.9. The van der Waals surface area contributed by atoms with Crippen LogP contribution in [0.15, 0.2) is 35.5 Å². The van der Waals surface area contributed by atoms with E-state index in [4.69, 9.17) is 14.6 Å². The molecule has 0 bridgehead atoms. The molecule has 1 fully saturated rings. The minimum absolute atomic E-state index is 0.302. The molecule has 1 aromatic carbocycles. The molecule has 1 saturated heterocycles. The molecule has 1 aromatic heterocycles. The molecule has 3 rings (SSSR count). The topological polar surface area (TPSA) is 116 Å². The molecule has 2 aromatic rings. The summed E-state index contributed by atoms with van der Waals surface area (Å²) in [7, 11) is -3.32. The predicted octanol–water partition coefficient (Wildman–Crippen LogP) is 2.68. The molecule has 0 unspecified atom stereocenters. The van der Waals surface area contributed by atoms with Crippen molar-refractivity contribution in [2.45, 2.75) is 37.6 Å². The minimum atomic E-state index is -5.06. The van der Waals surface area contributed by atoms with Crippen molar-refractivity contribution in [1.29, 1.82) is 0 Å². The third-order valence-electron chi connectivity index (χ3n) is 5.86. The number of carbonyl (C=O) groups is 2. The highest BCUT2D eigenvalue weighted by molar-refractivity contribution is 5.91. The normalized spacial score (nSPS) is 27.1. The van der Waals surface area contributed by atoms with Gasteiger partial charge in [0, 0.05) is 23.6 Å². The maximum Gasteiger partial charge on any atom is 0.417 e. The average molecular weight is 492 g/mol. The van der Waals surface area contributed by atoms with Crippen LogP contribution in [0, 0.1) is 17.6 Å². The van der Waals surface area contributed by atoms with E-state index in [-0.39, 0.29) is 5.36 Å². The van der Waals surface area contributed by atoms with Crippen LogP contribution in [-0.2, 0) is 9.53 Å². The van der Waals surface area contributed by atoms with Crippen LogP contribution >= 0.6 is 0 Å². The fourth-order valence-corrected chi connectivity index (χ4v) is 3.85. The van der Waals surface area contributed by atoms with Crippen molar-refractivity contribution in [2.24, 2.45) is 16.6 Å². The second-order valence-electron chi connectivity index (χ2n) is 7.77. The molecule has 3 N–H and O–H groups in total. The van der Waals surface area contributed by atoms with Gasteiger partial charge >= 0.3 is 6.18 Å². The van der Waals surface area contributed by atoms with Gasteiger partial charge in [-0.3, -0.25) is 9.59 Å². The molecule has 4 atom stereocenters. The number of nitrogens with two attached hydrogens (primary N) is 1. The third kappa shape index (κ3) is 4.11. The molecule has 0 spiro atoms. The maximum atomic E-state index is 14.6. The molecule has 2 amide bonds. The first-order valence-electron chi connectivity index (χ1n) is 11.1. The second kappa shape index (κ2) is 8.70. The molecule has 184 valence electrons. The SMILES string of the molecule is [2H]C([2H])([2H])Oc1c([C@H]2[C@@H](C(=O)N=c3ccn(O)c(C(N)=O)c3)O[C@@](C)(C(F)(F)F)[C@H]2C)ccc(F)c1F. The van der Waals surface area contributed by atoms with Gasteiger partial charge in [0.1, 0.15) is 11.8 Å². The van der Waals surface area contributed by atoms with Crippen molar-refractivity contribution in [1.82, 2.24) is 4.73 Å². The lowest BCUT2D eigenvalue weighted by atomic mass is 9.77. The van der Waals surface area contributed by atoms with E-state index in [0.29, 0.717) is 17.7 Å². The number of amides is 2. The molecule has 13 heteroatoms. The van der Waals surface area contributed by atoms with Gasteiger partial charge in [-0.25, -0.2) is 9.38 Å². The Bertz CT molecular complexity index is 1310. The monoisotopic (exact) mass is 492 g/mol. The number of rotatable bonds is 4. The zero-order valence-electron chi connectivity index (χ0n) is 20.6. The Morgan fingerprint density at radius 3 is 2.59 bits per heavy atom. The summed E-state index contributed by atoms with van der Waals surface area (Å²) in [6.07, 6.45) is -6.25. The quantitative estimate of drug-likeness (QED) is 0.503. The Hall–Kier alpha value is -3.48. The largest absolute Gasteiger partial charge is 0.493 e. The fraction of sp³-hybridized carbons (Fsp3) is 0.381. The van der Waals surface area contributed by atoms with Gasteiger partial charge in [0.05, 0.1) is 16.5 Å². The van der Waals surface area contributed by atoms with Gasteiger partial charge < -0.3 is 20.4 Å². The number of carbonyl (C=O) groups excluding carboxylic acids is 2. The van der Waals surface area contributed by atoms with E-state index in [9.17, 15) is 36.7 Å². The van der Waals surface area contributed by atoms with E-state index in [1.807, 2.05) is 0 Å². The first-order valence-corrected chi connectivity index (χ1v) is 9.59. The summed E-state index contributed by atoms with van der Waals surface area (Å²) in [6, 6.07) is 3.25.